The van der Waals surface area contributed by atoms with E-state index in [1.807, 2.05) is 63.2 Å². The van der Waals surface area contributed by atoms with Crippen molar-refractivity contribution in [2.45, 2.75) is 38.7 Å². The molecule has 2 aromatic rings. The molecular weight excluding hydrogens is 368 g/mol. The van der Waals surface area contributed by atoms with Crippen LogP contribution in [0.5, 0.6) is 0 Å². The number of carbonyl (C=O) groups excluding carboxylic acids is 1. The number of benzene rings is 2. The van der Waals surface area contributed by atoms with E-state index < -0.39 is 17.5 Å². The van der Waals surface area contributed by atoms with Crippen LogP contribution >= 0.6 is 0 Å². The predicted molar refractivity (Wildman–Crippen MR) is 113 cm³/mol. The molecule has 0 radical (unpaired) electrons. The van der Waals surface area contributed by atoms with Crippen molar-refractivity contribution in [3.63, 3.8) is 0 Å². The molecule has 1 amide bonds. The molecule has 0 saturated carbocycles. The van der Waals surface area contributed by atoms with Crippen LogP contribution in [-0.4, -0.2) is 65.3 Å². The SMILES string of the molecule is CC(C)(C)OC(=O)N1CCN(CCC(C(=O)O)c2ccc3ccccc3c2)CC1. The van der Waals surface area contributed by atoms with Crippen molar-refractivity contribution in [2.24, 2.45) is 0 Å². The standard InChI is InChI=1S/C23H30N2O4/c1-23(2,3)29-22(28)25-14-12-24(13-15-25)11-10-20(21(26)27)19-9-8-17-6-4-5-7-18(17)16-19/h4-9,16,20H,10-15H2,1-3H3,(H,26,27). The van der Waals surface area contributed by atoms with Gasteiger partial charge in [-0.15, -0.1) is 0 Å². The van der Waals surface area contributed by atoms with Crippen molar-refractivity contribution in [3.05, 3.63) is 48.0 Å². The Bertz CT molecular complexity index is 867. The molecule has 1 atom stereocenters. The molecule has 156 valence electrons. The van der Waals surface area contributed by atoms with Gasteiger partial charge in [0.05, 0.1) is 5.92 Å². The summed E-state index contributed by atoms with van der Waals surface area (Å²) in [5.41, 5.74) is 0.339. The molecule has 1 aliphatic heterocycles. The van der Waals surface area contributed by atoms with Gasteiger partial charge in [0, 0.05) is 26.2 Å². The first kappa shape index (κ1) is 21.1. The first-order valence-corrected chi connectivity index (χ1v) is 10.1. The van der Waals surface area contributed by atoms with Gasteiger partial charge in [-0.3, -0.25) is 9.69 Å². The summed E-state index contributed by atoms with van der Waals surface area (Å²) in [5.74, 6) is -1.34. The molecule has 1 fully saturated rings. The molecule has 1 aliphatic rings. The van der Waals surface area contributed by atoms with Gasteiger partial charge in [0.25, 0.3) is 0 Å². The fraction of sp³-hybridized carbons (Fsp3) is 0.478. The topological polar surface area (TPSA) is 70.1 Å². The van der Waals surface area contributed by atoms with Gasteiger partial charge in [-0.25, -0.2) is 4.79 Å². The first-order valence-electron chi connectivity index (χ1n) is 10.1. The summed E-state index contributed by atoms with van der Waals surface area (Å²) >= 11 is 0. The fourth-order valence-electron chi connectivity index (χ4n) is 3.65. The number of piperazine rings is 1. The average molecular weight is 399 g/mol. The third-order valence-electron chi connectivity index (χ3n) is 5.23. The third-order valence-corrected chi connectivity index (χ3v) is 5.23. The van der Waals surface area contributed by atoms with Gasteiger partial charge >= 0.3 is 12.1 Å². The van der Waals surface area contributed by atoms with E-state index in [2.05, 4.69) is 4.90 Å². The number of carbonyl (C=O) groups is 2. The van der Waals surface area contributed by atoms with Gasteiger partial charge < -0.3 is 14.7 Å². The predicted octanol–water partition coefficient (Wildman–Crippen LogP) is 3.95. The lowest BCUT2D eigenvalue weighted by Gasteiger charge is -2.35. The minimum atomic E-state index is -0.798. The summed E-state index contributed by atoms with van der Waals surface area (Å²) < 4.78 is 5.43. The quantitative estimate of drug-likeness (QED) is 0.826. The number of aliphatic carboxylic acids is 1. The van der Waals surface area contributed by atoms with Gasteiger partial charge in [0.1, 0.15) is 5.60 Å². The number of carboxylic acids is 1. The Balaban J connectivity index is 1.56. The number of amides is 1. The molecule has 1 N–H and O–H groups in total. The van der Waals surface area contributed by atoms with Crippen molar-refractivity contribution >= 4 is 22.8 Å². The Kier molecular flexibility index (Phi) is 6.42. The summed E-state index contributed by atoms with van der Waals surface area (Å²) in [6, 6.07) is 13.9. The number of nitrogens with zero attached hydrogens (tertiary/aromatic N) is 2. The molecule has 1 unspecified atom stereocenters. The van der Waals surface area contributed by atoms with Gasteiger partial charge in [-0.2, -0.15) is 0 Å². The second-order valence-corrected chi connectivity index (χ2v) is 8.60. The molecule has 0 aliphatic carbocycles. The molecule has 0 spiro atoms. The highest BCUT2D eigenvalue weighted by Gasteiger charge is 2.27. The Morgan fingerprint density at radius 1 is 1.03 bits per heavy atom. The van der Waals surface area contributed by atoms with E-state index in [1.165, 1.54) is 0 Å². The molecule has 0 bridgehead atoms. The summed E-state index contributed by atoms with van der Waals surface area (Å²) in [6.07, 6.45) is 0.261. The Hall–Kier alpha value is -2.60. The number of ether oxygens (including phenoxy) is 1. The van der Waals surface area contributed by atoms with Gasteiger partial charge in [0.2, 0.25) is 0 Å². The largest absolute Gasteiger partial charge is 0.481 e. The normalized spacial score (nSPS) is 16.6. The highest BCUT2D eigenvalue weighted by molar-refractivity contribution is 5.85. The van der Waals surface area contributed by atoms with Crippen LogP contribution in [0.1, 0.15) is 38.7 Å². The zero-order valence-corrected chi connectivity index (χ0v) is 17.4. The van der Waals surface area contributed by atoms with Crippen LogP contribution in [0.15, 0.2) is 42.5 Å². The highest BCUT2D eigenvalue weighted by atomic mass is 16.6. The zero-order valence-electron chi connectivity index (χ0n) is 17.4. The van der Waals surface area contributed by atoms with E-state index in [0.29, 0.717) is 26.1 Å². The minimum absolute atomic E-state index is 0.281. The smallest absolute Gasteiger partial charge is 0.410 e. The summed E-state index contributed by atoms with van der Waals surface area (Å²) in [4.78, 5) is 28.0. The van der Waals surface area contributed by atoms with Crippen molar-refractivity contribution in [1.82, 2.24) is 9.80 Å². The minimum Gasteiger partial charge on any atom is -0.481 e. The van der Waals surface area contributed by atoms with Gasteiger partial charge in [-0.05, 0) is 50.1 Å². The lowest BCUT2D eigenvalue weighted by atomic mass is 9.93. The molecule has 6 nitrogen and oxygen atoms in total. The van der Waals surface area contributed by atoms with E-state index in [-0.39, 0.29) is 6.09 Å². The molecule has 29 heavy (non-hydrogen) atoms. The van der Waals surface area contributed by atoms with E-state index in [0.717, 1.165) is 29.4 Å². The molecule has 1 saturated heterocycles. The van der Waals surface area contributed by atoms with Crippen LogP contribution in [0, 0.1) is 0 Å². The first-order chi connectivity index (χ1) is 13.7. The second kappa shape index (κ2) is 8.82. The van der Waals surface area contributed by atoms with Crippen molar-refractivity contribution in [3.8, 4) is 0 Å². The highest BCUT2D eigenvalue weighted by Crippen LogP contribution is 2.25. The van der Waals surface area contributed by atoms with Crippen molar-refractivity contribution < 1.29 is 19.4 Å². The molecular formula is C23H30N2O4. The van der Waals surface area contributed by atoms with Gasteiger partial charge in [-0.1, -0.05) is 42.5 Å². The maximum absolute atomic E-state index is 12.2. The maximum atomic E-state index is 12.2. The number of hydrogen-bond donors (Lipinski definition) is 1. The number of rotatable bonds is 5. The van der Waals surface area contributed by atoms with E-state index in [1.54, 1.807) is 4.90 Å². The summed E-state index contributed by atoms with van der Waals surface area (Å²) in [7, 11) is 0. The Labute approximate surface area is 172 Å². The van der Waals surface area contributed by atoms with Crippen LogP contribution in [-0.2, 0) is 9.53 Å². The van der Waals surface area contributed by atoms with Crippen molar-refractivity contribution in [1.29, 1.82) is 0 Å². The zero-order chi connectivity index (χ0) is 21.0. The Morgan fingerprint density at radius 3 is 2.31 bits per heavy atom. The fourth-order valence-corrected chi connectivity index (χ4v) is 3.65. The van der Waals surface area contributed by atoms with Crippen LogP contribution in [0.4, 0.5) is 4.79 Å². The summed E-state index contributed by atoms with van der Waals surface area (Å²) in [5, 5.41) is 11.9. The van der Waals surface area contributed by atoms with E-state index in [9.17, 15) is 14.7 Å². The van der Waals surface area contributed by atoms with Crippen LogP contribution < -0.4 is 0 Å². The number of hydrogen-bond acceptors (Lipinski definition) is 4. The molecule has 2 aromatic carbocycles. The lowest BCUT2D eigenvalue weighted by Crippen LogP contribution is -2.50. The third kappa shape index (κ3) is 5.70. The number of carboxylic acid groups (broad SMARTS) is 1. The molecule has 3 rings (SSSR count). The number of fused-ring (bicyclic) bond motifs is 1. The molecule has 0 aromatic heterocycles. The average Bonchev–Trinajstić information content (AvgIpc) is 2.67. The van der Waals surface area contributed by atoms with E-state index >= 15 is 0 Å². The van der Waals surface area contributed by atoms with E-state index in [4.69, 9.17) is 4.74 Å². The second-order valence-electron chi connectivity index (χ2n) is 8.60. The Morgan fingerprint density at radius 2 is 1.69 bits per heavy atom. The lowest BCUT2D eigenvalue weighted by molar-refractivity contribution is -0.139. The molecule has 1 heterocycles. The summed E-state index contributed by atoms with van der Waals surface area (Å²) in [6.45, 7) is 8.92. The van der Waals surface area contributed by atoms with Crippen LogP contribution in [0.3, 0.4) is 0 Å². The molecule has 6 heteroatoms. The monoisotopic (exact) mass is 398 g/mol. The van der Waals surface area contributed by atoms with Crippen molar-refractivity contribution in [2.75, 3.05) is 32.7 Å². The van der Waals surface area contributed by atoms with Crippen LogP contribution in [0.25, 0.3) is 10.8 Å². The van der Waals surface area contributed by atoms with Crippen LogP contribution in [0.2, 0.25) is 0 Å². The maximum Gasteiger partial charge on any atom is 0.410 e. The van der Waals surface area contributed by atoms with Gasteiger partial charge in [0.15, 0.2) is 0 Å².